The number of nitrogens with one attached hydrogen (secondary N) is 2. The Kier molecular flexibility index (Phi) is 6.04. The third-order valence-electron chi connectivity index (χ3n) is 5.19. The summed E-state index contributed by atoms with van der Waals surface area (Å²) in [5, 5.41) is 23.7. The molecule has 12 heteroatoms. The minimum atomic E-state index is -4.45. The fourth-order valence-electron chi connectivity index (χ4n) is 3.60. The fraction of sp³-hybridized carbons (Fsp3) is 0.130. The molecule has 176 valence electrons. The van der Waals surface area contributed by atoms with Gasteiger partial charge in [-0.15, -0.1) is 0 Å². The van der Waals surface area contributed by atoms with E-state index in [0.717, 1.165) is 12.1 Å². The van der Waals surface area contributed by atoms with Gasteiger partial charge in [0.2, 0.25) is 5.96 Å². The molecule has 3 aromatic rings. The van der Waals surface area contributed by atoms with Gasteiger partial charge < -0.3 is 21.5 Å². The third-order valence-corrected chi connectivity index (χ3v) is 5.19. The summed E-state index contributed by atoms with van der Waals surface area (Å²) in [4.78, 5) is 8.66. The number of nitrogen functional groups attached to an aromatic ring is 2. The molecule has 0 fully saturated rings. The van der Waals surface area contributed by atoms with E-state index in [1.165, 1.54) is 12.1 Å². The van der Waals surface area contributed by atoms with Crippen LogP contribution < -0.4 is 26.8 Å². The molecule has 0 bridgehead atoms. The second kappa shape index (κ2) is 9.11. The second-order valence-corrected chi connectivity index (χ2v) is 7.46. The van der Waals surface area contributed by atoms with E-state index in [2.05, 4.69) is 20.6 Å². The Labute approximate surface area is 197 Å². The van der Waals surface area contributed by atoms with Crippen molar-refractivity contribution >= 4 is 23.3 Å². The van der Waals surface area contributed by atoms with Crippen LogP contribution in [0.2, 0.25) is 0 Å². The number of aliphatic imine (C=N–C) groups is 1. The Morgan fingerprint density at radius 1 is 1.11 bits per heavy atom. The summed E-state index contributed by atoms with van der Waals surface area (Å²) in [5.74, 6) is 0.613. The van der Waals surface area contributed by atoms with Gasteiger partial charge in [-0.2, -0.15) is 23.7 Å². The van der Waals surface area contributed by atoms with E-state index in [4.69, 9.17) is 21.5 Å². The van der Waals surface area contributed by atoms with Gasteiger partial charge in [0, 0.05) is 5.56 Å². The molecule has 0 amide bonds. The molecule has 1 unspecified atom stereocenters. The number of nitrogens with zero attached hydrogens (tertiary/aromatic N) is 4. The lowest BCUT2D eigenvalue weighted by Gasteiger charge is -2.26. The largest absolute Gasteiger partial charge is 0.489 e. The SMILES string of the molecule is N#CNC1=NC(c2cccc(OCc3cccc(C(F)(F)F)c3)c2)c2c(nc(N)c(C#N)c2N)N1. The summed E-state index contributed by atoms with van der Waals surface area (Å²) in [6, 6.07) is 12.7. The topological polar surface area (TPSA) is 158 Å². The van der Waals surface area contributed by atoms with Crippen molar-refractivity contribution in [3.63, 3.8) is 0 Å². The standard InChI is InChI=1S/C23H17F3N8O/c24-23(25,26)14-5-1-3-12(7-14)10-35-15-6-2-4-13(8-15)19-17-18(29)16(9-27)20(30)33-21(17)34-22(32-19)31-11-28/h1-8,19H,10H2,(H6,29,30,31,32,33,34). The first-order chi connectivity index (χ1) is 16.7. The smallest absolute Gasteiger partial charge is 0.416 e. The summed E-state index contributed by atoms with van der Waals surface area (Å²) in [6.07, 6.45) is -2.69. The van der Waals surface area contributed by atoms with Gasteiger partial charge in [-0.25, -0.2) is 9.98 Å². The number of guanidine groups is 1. The number of pyridine rings is 1. The molecule has 1 atom stereocenters. The molecule has 0 aliphatic carbocycles. The summed E-state index contributed by atoms with van der Waals surface area (Å²) < 4.78 is 44.7. The number of benzene rings is 2. The van der Waals surface area contributed by atoms with Crippen molar-refractivity contribution in [2.75, 3.05) is 16.8 Å². The first-order valence-corrected chi connectivity index (χ1v) is 10.1. The lowest BCUT2D eigenvalue weighted by molar-refractivity contribution is -0.137. The van der Waals surface area contributed by atoms with Crippen LogP contribution in [0.3, 0.4) is 0 Å². The van der Waals surface area contributed by atoms with Crippen molar-refractivity contribution in [2.45, 2.75) is 18.8 Å². The Balaban J connectivity index is 1.67. The van der Waals surface area contributed by atoms with Gasteiger partial charge in [-0.05, 0) is 35.4 Å². The molecule has 0 saturated heterocycles. The van der Waals surface area contributed by atoms with Crippen LogP contribution in [-0.4, -0.2) is 10.9 Å². The number of ether oxygens (including phenoxy) is 1. The van der Waals surface area contributed by atoms with Crippen LogP contribution in [0, 0.1) is 22.8 Å². The molecule has 1 aliphatic heterocycles. The molecule has 2 heterocycles. The predicted octanol–water partition coefficient (Wildman–Crippen LogP) is 3.66. The monoisotopic (exact) mass is 478 g/mol. The molecule has 0 radical (unpaired) electrons. The highest BCUT2D eigenvalue weighted by Crippen LogP contribution is 2.41. The Bertz CT molecular complexity index is 1410. The maximum absolute atomic E-state index is 13.0. The third kappa shape index (κ3) is 4.72. The molecule has 2 aromatic carbocycles. The zero-order chi connectivity index (χ0) is 25.2. The van der Waals surface area contributed by atoms with Crippen LogP contribution in [0.25, 0.3) is 0 Å². The van der Waals surface area contributed by atoms with E-state index in [-0.39, 0.29) is 35.5 Å². The number of rotatable bonds is 4. The molecule has 1 aliphatic rings. The molecule has 0 saturated carbocycles. The number of fused-ring (bicyclic) bond motifs is 1. The van der Waals surface area contributed by atoms with Crippen molar-refractivity contribution in [2.24, 2.45) is 4.99 Å². The highest BCUT2D eigenvalue weighted by atomic mass is 19.4. The van der Waals surface area contributed by atoms with Crippen LogP contribution in [0.15, 0.2) is 53.5 Å². The van der Waals surface area contributed by atoms with Crippen molar-refractivity contribution in [3.05, 3.63) is 76.3 Å². The average molecular weight is 478 g/mol. The number of hydrogen-bond donors (Lipinski definition) is 4. The van der Waals surface area contributed by atoms with E-state index >= 15 is 0 Å². The quantitative estimate of drug-likeness (QED) is 0.327. The minimum Gasteiger partial charge on any atom is -0.489 e. The summed E-state index contributed by atoms with van der Waals surface area (Å²) in [6.45, 7) is -0.0977. The van der Waals surface area contributed by atoms with Crippen LogP contribution in [0.5, 0.6) is 5.75 Å². The van der Waals surface area contributed by atoms with E-state index in [1.807, 2.05) is 6.07 Å². The zero-order valence-electron chi connectivity index (χ0n) is 17.9. The highest BCUT2D eigenvalue weighted by molar-refractivity contribution is 5.98. The van der Waals surface area contributed by atoms with E-state index in [0.29, 0.717) is 22.4 Å². The number of anilines is 3. The molecule has 6 N–H and O–H groups in total. The first kappa shape index (κ1) is 23.2. The minimum absolute atomic E-state index is 0.000562. The maximum Gasteiger partial charge on any atom is 0.416 e. The van der Waals surface area contributed by atoms with Gasteiger partial charge >= 0.3 is 6.18 Å². The van der Waals surface area contributed by atoms with E-state index in [1.54, 1.807) is 30.5 Å². The van der Waals surface area contributed by atoms with Crippen LogP contribution >= 0.6 is 0 Å². The van der Waals surface area contributed by atoms with Gasteiger partial charge in [-0.3, -0.25) is 5.32 Å². The number of nitrogens with two attached hydrogens (primary N) is 2. The van der Waals surface area contributed by atoms with Crippen molar-refractivity contribution in [1.29, 1.82) is 10.5 Å². The molecule has 35 heavy (non-hydrogen) atoms. The maximum atomic E-state index is 13.0. The lowest BCUT2D eigenvalue weighted by atomic mass is 9.95. The predicted molar refractivity (Wildman–Crippen MR) is 122 cm³/mol. The Morgan fingerprint density at radius 2 is 1.89 bits per heavy atom. The van der Waals surface area contributed by atoms with Crippen molar-refractivity contribution in [3.8, 4) is 18.0 Å². The molecule has 0 spiro atoms. The normalized spacial score (nSPS) is 14.5. The van der Waals surface area contributed by atoms with Crippen molar-refractivity contribution < 1.29 is 17.9 Å². The van der Waals surface area contributed by atoms with E-state index in [9.17, 15) is 18.4 Å². The summed E-state index contributed by atoms with van der Waals surface area (Å²) >= 11 is 0. The van der Waals surface area contributed by atoms with Crippen LogP contribution in [-0.2, 0) is 12.8 Å². The van der Waals surface area contributed by atoms with Gasteiger partial charge in [-0.1, -0.05) is 24.3 Å². The van der Waals surface area contributed by atoms with Gasteiger partial charge in [0.05, 0.1) is 11.3 Å². The Morgan fingerprint density at radius 3 is 2.60 bits per heavy atom. The fourth-order valence-corrected chi connectivity index (χ4v) is 3.60. The highest BCUT2D eigenvalue weighted by Gasteiger charge is 2.31. The molecular formula is C23H17F3N8O. The van der Waals surface area contributed by atoms with Crippen LogP contribution in [0.1, 0.15) is 33.9 Å². The zero-order valence-corrected chi connectivity index (χ0v) is 17.9. The van der Waals surface area contributed by atoms with Gasteiger partial charge in [0.25, 0.3) is 0 Å². The van der Waals surface area contributed by atoms with E-state index < -0.39 is 17.8 Å². The van der Waals surface area contributed by atoms with Gasteiger partial charge in [0.1, 0.15) is 41.7 Å². The number of nitriles is 2. The first-order valence-electron chi connectivity index (χ1n) is 10.1. The average Bonchev–Trinajstić information content (AvgIpc) is 2.82. The van der Waals surface area contributed by atoms with Crippen LogP contribution in [0.4, 0.5) is 30.5 Å². The molecular weight excluding hydrogens is 461 g/mol. The second-order valence-electron chi connectivity index (χ2n) is 7.46. The number of aromatic nitrogens is 1. The number of halogens is 3. The lowest BCUT2D eigenvalue weighted by Crippen LogP contribution is -2.32. The summed E-state index contributed by atoms with van der Waals surface area (Å²) in [5.41, 5.74) is 12.7. The Hall–Kier alpha value is -4.97. The number of alkyl halides is 3. The molecule has 9 nitrogen and oxygen atoms in total. The van der Waals surface area contributed by atoms with Gasteiger partial charge in [0.15, 0.2) is 6.19 Å². The number of hydrogen-bond acceptors (Lipinski definition) is 9. The molecule has 1 aromatic heterocycles. The summed E-state index contributed by atoms with van der Waals surface area (Å²) in [7, 11) is 0. The molecule has 4 rings (SSSR count). The van der Waals surface area contributed by atoms with Crippen molar-refractivity contribution in [1.82, 2.24) is 10.3 Å².